The van der Waals surface area contributed by atoms with Crippen LogP contribution in [0.3, 0.4) is 0 Å². The van der Waals surface area contributed by atoms with E-state index < -0.39 is 0 Å². The first-order chi connectivity index (χ1) is 16.4. The van der Waals surface area contributed by atoms with Crippen LogP contribution in [0.2, 0.25) is 0 Å². The van der Waals surface area contributed by atoms with Crippen LogP contribution in [0.25, 0.3) is 0 Å². The molecule has 0 saturated carbocycles. The van der Waals surface area contributed by atoms with Crippen molar-refractivity contribution < 1.29 is 18.9 Å². The van der Waals surface area contributed by atoms with Crippen molar-refractivity contribution in [2.45, 2.75) is 27.2 Å². The van der Waals surface area contributed by atoms with Gasteiger partial charge in [-0.05, 0) is 79.3 Å². The molecular weight excluding hydrogens is 428 g/mol. The summed E-state index contributed by atoms with van der Waals surface area (Å²) >= 11 is 0. The highest BCUT2D eigenvalue weighted by Crippen LogP contribution is 2.28. The minimum Gasteiger partial charge on any atom is -0.383 e. The molecule has 190 valence electrons. The molecule has 0 aromatic heterocycles. The molecule has 0 aliphatic rings. The molecule has 0 aliphatic carbocycles. The van der Waals surface area contributed by atoms with Crippen LogP contribution in [0, 0.1) is 20.8 Å². The van der Waals surface area contributed by atoms with Gasteiger partial charge in [0.05, 0.1) is 26.4 Å². The minimum absolute atomic E-state index is 0.695. The third-order valence-electron chi connectivity index (χ3n) is 6.37. The number of hydrogen-bond acceptors (Lipinski definition) is 6. The first-order valence-electron chi connectivity index (χ1n) is 12.1. The van der Waals surface area contributed by atoms with Crippen LogP contribution in [0.1, 0.15) is 27.8 Å². The van der Waals surface area contributed by atoms with Crippen molar-refractivity contribution in [2.24, 2.45) is 0 Å². The lowest BCUT2D eigenvalue weighted by atomic mass is 9.93. The maximum Gasteiger partial charge on any atom is 0.0637 e. The van der Waals surface area contributed by atoms with E-state index in [1.807, 2.05) is 0 Å². The van der Waals surface area contributed by atoms with Crippen LogP contribution in [-0.2, 0) is 25.4 Å². The first kappa shape index (κ1) is 28.1. The number of nitrogens with zero attached hydrogens (tertiary/aromatic N) is 2. The minimum atomic E-state index is 0.695. The van der Waals surface area contributed by atoms with Gasteiger partial charge < -0.3 is 28.7 Å². The Kier molecular flexibility index (Phi) is 12.4. The molecule has 0 atom stereocenters. The van der Waals surface area contributed by atoms with Gasteiger partial charge in [-0.15, -0.1) is 0 Å². The largest absolute Gasteiger partial charge is 0.383 e. The molecule has 0 fully saturated rings. The fraction of sp³-hybridized carbons (Fsp3) is 0.571. The molecule has 0 spiro atoms. The Bertz CT molecular complexity index is 832. The van der Waals surface area contributed by atoms with Crippen molar-refractivity contribution in [1.29, 1.82) is 0 Å². The van der Waals surface area contributed by atoms with Gasteiger partial charge in [0.2, 0.25) is 0 Å². The van der Waals surface area contributed by atoms with Crippen molar-refractivity contribution in [2.75, 3.05) is 90.8 Å². The summed E-state index contributed by atoms with van der Waals surface area (Å²) in [5.41, 5.74) is 9.14. The summed E-state index contributed by atoms with van der Waals surface area (Å²) < 4.78 is 21.2. The third-order valence-corrected chi connectivity index (χ3v) is 6.37. The van der Waals surface area contributed by atoms with Crippen LogP contribution in [-0.4, -0.2) is 81.0 Å². The fourth-order valence-corrected chi connectivity index (χ4v) is 4.24. The highest BCUT2D eigenvalue weighted by molar-refractivity contribution is 5.56. The molecule has 34 heavy (non-hydrogen) atoms. The number of aryl methyl sites for hydroxylation is 3. The molecule has 0 saturated heterocycles. The smallest absolute Gasteiger partial charge is 0.0637 e. The van der Waals surface area contributed by atoms with Gasteiger partial charge in [-0.3, -0.25) is 0 Å². The zero-order chi connectivity index (χ0) is 24.9. The zero-order valence-corrected chi connectivity index (χ0v) is 22.3. The number of anilines is 2. The second-order valence-corrected chi connectivity index (χ2v) is 8.79. The number of hydrogen-bond donors (Lipinski definition) is 0. The molecule has 0 unspecified atom stereocenters. The van der Waals surface area contributed by atoms with Crippen LogP contribution in [0.5, 0.6) is 0 Å². The topological polar surface area (TPSA) is 43.4 Å². The number of benzene rings is 2. The zero-order valence-electron chi connectivity index (χ0n) is 22.3. The van der Waals surface area contributed by atoms with Gasteiger partial charge >= 0.3 is 0 Å². The van der Waals surface area contributed by atoms with Crippen molar-refractivity contribution in [3.05, 3.63) is 58.1 Å². The highest BCUT2D eigenvalue weighted by atomic mass is 16.5. The van der Waals surface area contributed by atoms with E-state index in [0.29, 0.717) is 26.4 Å². The average molecular weight is 473 g/mol. The summed E-state index contributed by atoms with van der Waals surface area (Å²) in [4.78, 5) is 4.66. The summed E-state index contributed by atoms with van der Waals surface area (Å²) in [6.07, 6.45) is 0.927. The summed E-state index contributed by atoms with van der Waals surface area (Å²) in [6.45, 7) is 12.8. The molecule has 0 heterocycles. The summed E-state index contributed by atoms with van der Waals surface area (Å²) in [6, 6.07) is 11.4. The second-order valence-electron chi connectivity index (χ2n) is 8.79. The molecule has 6 nitrogen and oxygen atoms in total. The number of rotatable bonds is 16. The van der Waals surface area contributed by atoms with Crippen molar-refractivity contribution in [1.82, 2.24) is 0 Å². The van der Waals surface area contributed by atoms with Gasteiger partial charge in [0, 0.05) is 66.0 Å². The summed E-state index contributed by atoms with van der Waals surface area (Å²) in [5, 5.41) is 0. The van der Waals surface area contributed by atoms with E-state index in [9.17, 15) is 0 Å². The molecule has 2 aromatic rings. The lowest BCUT2D eigenvalue weighted by Crippen LogP contribution is -2.30. The standard InChI is InChI=1S/C28H44N2O4/c1-22-18-26(29(10-14-31-4)11-15-32-5)9-8-25(22)21-28-23(2)19-27(20-24(28)3)30(12-16-33-6)13-17-34-7/h8-9,18-20H,10-17,21H2,1-7H3. The van der Waals surface area contributed by atoms with E-state index in [0.717, 1.165) is 32.6 Å². The molecule has 0 amide bonds. The predicted molar refractivity (Wildman–Crippen MR) is 142 cm³/mol. The van der Waals surface area contributed by atoms with Crippen LogP contribution in [0.4, 0.5) is 11.4 Å². The lowest BCUT2D eigenvalue weighted by molar-refractivity contribution is 0.190. The van der Waals surface area contributed by atoms with E-state index in [-0.39, 0.29) is 0 Å². The van der Waals surface area contributed by atoms with E-state index >= 15 is 0 Å². The molecule has 2 aromatic carbocycles. The van der Waals surface area contributed by atoms with Gasteiger partial charge in [-0.1, -0.05) is 6.07 Å². The van der Waals surface area contributed by atoms with Gasteiger partial charge in [-0.2, -0.15) is 0 Å². The van der Waals surface area contributed by atoms with E-state index in [1.54, 1.807) is 28.4 Å². The second kappa shape index (κ2) is 15.0. The lowest BCUT2D eigenvalue weighted by Gasteiger charge is -2.27. The Morgan fingerprint density at radius 1 is 0.559 bits per heavy atom. The normalized spacial score (nSPS) is 11.1. The molecule has 0 aliphatic heterocycles. The molecule has 6 heteroatoms. The fourth-order valence-electron chi connectivity index (χ4n) is 4.24. The SMILES string of the molecule is COCCN(CCOC)c1ccc(Cc2c(C)cc(N(CCOC)CCOC)cc2C)c(C)c1. The van der Waals surface area contributed by atoms with Crippen LogP contribution in [0.15, 0.2) is 30.3 Å². The van der Waals surface area contributed by atoms with Gasteiger partial charge in [0.25, 0.3) is 0 Å². The Balaban J connectivity index is 2.23. The maximum atomic E-state index is 5.32. The van der Waals surface area contributed by atoms with Crippen LogP contribution < -0.4 is 9.80 Å². The quantitative estimate of drug-likeness (QED) is 0.361. The highest BCUT2D eigenvalue weighted by Gasteiger charge is 2.14. The molecule has 2 rings (SSSR count). The van der Waals surface area contributed by atoms with Crippen molar-refractivity contribution >= 4 is 11.4 Å². The number of ether oxygens (including phenoxy) is 4. The van der Waals surface area contributed by atoms with Gasteiger partial charge in [-0.25, -0.2) is 0 Å². The molecular formula is C28H44N2O4. The Morgan fingerprint density at radius 3 is 1.38 bits per heavy atom. The number of methoxy groups -OCH3 is 4. The van der Waals surface area contributed by atoms with Crippen LogP contribution >= 0.6 is 0 Å². The van der Waals surface area contributed by atoms with E-state index in [4.69, 9.17) is 18.9 Å². The maximum absolute atomic E-state index is 5.32. The van der Waals surface area contributed by atoms with Crippen molar-refractivity contribution in [3.63, 3.8) is 0 Å². The molecule has 0 N–H and O–H groups in total. The first-order valence-corrected chi connectivity index (χ1v) is 12.1. The van der Waals surface area contributed by atoms with Crippen molar-refractivity contribution in [3.8, 4) is 0 Å². The Morgan fingerprint density at radius 2 is 0.971 bits per heavy atom. The average Bonchev–Trinajstić information content (AvgIpc) is 2.82. The Labute approximate surface area is 206 Å². The Hall–Kier alpha value is -2.12. The monoisotopic (exact) mass is 472 g/mol. The molecule has 0 bridgehead atoms. The van der Waals surface area contributed by atoms with E-state index in [1.165, 1.54) is 39.2 Å². The van der Waals surface area contributed by atoms with Gasteiger partial charge in [0.15, 0.2) is 0 Å². The summed E-state index contributed by atoms with van der Waals surface area (Å²) in [5.74, 6) is 0. The third kappa shape index (κ3) is 8.27. The van der Waals surface area contributed by atoms with Gasteiger partial charge in [0.1, 0.15) is 0 Å². The molecule has 0 radical (unpaired) electrons. The predicted octanol–water partition coefficient (Wildman–Crippen LogP) is 4.40. The van der Waals surface area contributed by atoms with E-state index in [2.05, 4.69) is 60.9 Å². The summed E-state index contributed by atoms with van der Waals surface area (Å²) in [7, 11) is 6.98.